The molecular weight excluding hydrogens is 266 g/mol. The highest BCUT2D eigenvalue weighted by Gasteiger charge is 2.30. The van der Waals surface area contributed by atoms with Gasteiger partial charge in [0.25, 0.3) is 0 Å². The summed E-state index contributed by atoms with van der Waals surface area (Å²) in [7, 11) is 0. The van der Waals surface area contributed by atoms with Crippen molar-refractivity contribution in [3.63, 3.8) is 0 Å². The van der Waals surface area contributed by atoms with Crippen LogP contribution in [0.4, 0.5) is 0 Å². The molecule has 2 heterocycles. The Morgan fingerprint density at radius 1 is 1.29 bits per heavy atom. The number of nitrogens with zero attached hydrogens (tertiary/aromatic N) is 1. The van der Waals surface area contributed by atoms with Gasteiger partial charge in [-0.3, -0.25) is 20.0 Å². The highest BCUT2D eigenvalue weighted by Crippen LogP contribution is 2.29. The molecule has 1 aliphatic rings. The number of aryl methyl sites for hydroxylation is 1. The molecule has 0 radical (unpaired) electrons. The Kier molecular flexibility index (Phi) is 4.73. The predicted octanol–water partition coefficient (Wildman–Crippen LogP) is 2.67. The second-order valence-corrected chi connectivity index (χ2v) is 4.85. The van der Waals surface area contributed by atoms with E-state index in [9.17, 15) is 9.59 Å². The zero-order chi connectivity index (χ0) is 15.4. The van der Waals surface area contributed by atoms with Crippen molar-refractivity contribution >= 4 is 22.7 Å². The van der Waals surface area contributed by atoms with Crippen LogP contribution in [0.3, 0.4) is 0 Å². The van der Waals surface area contributed by atoms with Gasteiger partial charge < -0.3 is 0 Å². The Balaban J connectivity index is 0.000000774. The van der Waals surface area contributed by atoms with Crippen LogP contribution in [-0.4, -0.2) is 22.0 Å². The van der Waals surface area contributed by atoms with E-state index in [0.717, 1.165) is 23.0 Å². The van der Waals surface area contributed by atoms with Gasteiger partial charge >= 0.3 is 0 Å². The van der Waals surface area contributed by atoms with E-state index < -0.39 is 0 Å². The maximum Gasteiger partial charge on any atom is 0.235 e. The predicted molar refractivity (Wildman–Crippen MR) is 81.9 cm³/mol. The molecule has 1 unspecified atom stereocenters. The normalized spacial score (nSPS) is 18.1. The molecule has 2 amide bonds. The Morgan fingerprint density at radius 3 is 2.71 bits per heavy atom. The minimum atomic E-state index is -0.310. The number of H-pyrrole nitrogens is 1. The zero-order valence-corrected chi connectivity index (χ0v) is 12.7. The molecule has 112 valence electrons. The van der Waals surface area contributed by atoms with E-state index in [1.807, 2.05) is 32.0 Å². The number of amides is 2. The number of imide groups is 1. The monoisotopic (exact) mass is 287 g/mol. The number of carbonyl (C=O) groups is 2. The van der Waals surface area contributed by atoms with E-state index in [1.54, 1.807) is 0 Å². The van der Waals surface area contributed by atoms with Crippen molar-refractivity contribution in [1.29, 1.82) is 0 Å². The van der Waals surface area contributed by atoms with Crippen LogP contribution in [0.1, 0.15) is 50.8 Å². The highest BCUT2D eigenvalue weighted by molar-refractivity contribution is 6.02. The van der Waals surface area contributed by atoms with Gasteiger partial charge in [0.1, 0.15) is 0 Å². The minimum Gasteiger partial charge on any atom is -0.296 e. The van der Waals surface area contributed by atoms with Crippen LogP contribution in [0, 0.1) is 0 Å². The summed E-state index contributed by atoms with van der Waals surface area (Å²) in [5.41, 5.74) is 2.90. The number of piperidine rings is 1. The van der Waals surface area contributed by atoms with Crippen LogP contribution in [0.2, 0.25) is 0 Å². The lowest BCUT2D eigenvalue weighted by Crippen LogP contribution is -2.39. The largest absolute Gasteiger partial charge is 0.296 e. The standard InChI is InChI=1S/C14H15N3O2.C2H6/c1-2-8-3-4-9-11(7-8)16-17-13(9)10-5-6-12(18)15-14(10)19;1-2/h3-4,7,10H,2,5-6H2,1H3,(H,16,17)(H,15,18,19);1-2H3. The Hall–Kier alpha value is -2.17. The van der Waals surface area contributed by atoms with Crippen LogP contribution in [0.5, 0.6) is 0 Å². The Labute approximate surface area is 124 Å². The molecule has 1 fully saturated rings. The molecule has 0 aliphatic carbocycles. The van der Waals surface area contributed by atoms with Crippen LogP contribution >= 0.6 is 0 Å². The minimum absolute atomic E-state index is 0.196. The first-order valence-electron chi connectivity index (χ1n) is 7.49. The molecule has 0 spiro atoms. The number of hydrogen-bond acceptors (Lipinski definition) is 3. The quantitative estimate of drug-likeness (QED) is 0.834. The summed E-state index contributed by atoms with van der Waals surface area (Å²) in [6, 6.07) is 6.07. The van der Waals surface area contributed by atoms with Gasteiger partial charge in [0.15, 0.2) is 0 Å². The van der Waals surface area contributed by atoms with Crippen molar-refractivity contribution in [1.82, 2.24) is 15.5 Å². The smallest absolute Gasteiger partial charge is 0.235 e. The van der Waals surface area contributed by atoms with Gasteiger partial charge in [-0.1, -0.05) is 32.9 Å². The van der Waals surface area contributed by atoms with Crippen molar-refractivity contribution in [3.05, 3.63) is 29.5 Å². The number of hydrogen-bond donors (Lipinski definition) is 2. The number of fused-ring (bicyclic) bond motifs is 1. The number of benzene rings is 1. The fourth-order valence-corrected chi connectivity index (χ4v) is 2.53. The van der Waals surface area contributed by atoms with E-state index >= 15 is 0 Å². The van der Waals surface area contributed by atoms with E-state index in [-0.39, 0.29) is 17.7 Å². The molecule has 0 saturated carbocycles. The van der Waals surface area contributed by atoms with Gasteiger partial charge in [0.05, 0.1) is 17.1 Å². The lowest BCUT2D eigenvalue weighted by Gasteiger charge is -2.19. The molecule has 21 heavy (non-hydrogen) atoms. The third-order valence-corrected chi connectivity index (χ3v) is 3.65. The first-order valence-corrected chi connectivity index (χ1v) is 7.49. The molecule has 1 aromatic heterocycles. The maximum absolute atomic E-state index is 11.9. The van der Waals surface area contributed by atoms with Gasteiger partial charge in [-0.2, -0.15) is 5.10 Å². The van der Waals surface area contributed by atoms with Crippen LogP contribution < -0.4 is 5.32 Å². The van der Waals surface area contributed by atoms with E-state index in [2.05, 4.69) is 22.4 Å². The van der Waals surface area contributed by atoms with E-state index in [4.69, 9.17) is 0 Å². The molecule has 1 aliphatic heterocycles. The molecular formula is C16H21N3O2. The van der Waals surface area contributed by atoms with Crippen molar-refractivity contribution in [2.45, 2.75) is 46.0 Å². The van der Waals surface area contributed by atoms with Crippen LogP contribution in [-0.2, 0) is 16.0 Å². The number of rotatable bonds is 2. The summed E-state index contributed by atoms with van der Waals surface area (Å²) >= 11 is 0. The third-order valence-electron chi connectivity index (χ3n) is 3.65. The average molecular weight is 287 g/mol. The molecule has 5 heteroatoms. The summed E-state index contributed by atoms with van der Waals surface area (Å²) in [5.74, 6) is -0.741. The van der Waals surface area contributed by atoms with E-state index in [0.29, 0.717) is 12.8 Å². The number of carbonyl (C=O) groups excluding carboxylic acids is 2. The summed E-state index contributed by atoms with van der Waals surface area (Å²) in [4.78, 5) is 23.1. The second kappa shape index (κ2) is 6.52. The first kappa shape index (κ1) is 15.2. The SMILES string of the molecule is CC.CCc1ccc2c(C3CCC(=O)NC3=O)[nH]nc2c1. The Morgan fingerprint density at radius 2 is 2.05 bits per heavy atom. The average Bonchev–Trinajstić information content (AvgIpc) is 2.92. The lowest BCUT2D eigenvalue weighted by atomic mass is 9.92. The van der Waals surface area contributed by atoms with Gasteiger partial charge in [-0.05, 0) is 24.5 Å². The number of nitrogens with one attached hydrogen (secondary N) is 2. The van der Waals surface area contributed by atoms with Crippen LogP contribution in [0.15, 0.2) is 18.2 Å². The fourth-order valence-electron chi connectivity index (χ4n) is 2.53. The van der Waals surface area contributed by atoms with Gasteiger partial charge in [-0.25, -0.2) is 0 Å². The van der Waals surface area contributed by atoms with E-state index in [1.165, 1.54) is 5.56 Å². The molecule has 2 N–H and O–H groups in total. The second-order valence-electron chi connectivity index (χ2n) is 4.85. The molecule has 1 aromatic carbocycles. The molecule has 0 bridgehead atoms. The topological polar surface area (TPSA) is 74.8 Å². The zero-order valence-electron chi connectivity index (χ0n) is 12.7. The fraction of sp³-hybridized carbons (Fsp3) is 0.438. The third kappa shape index (κ3) is 2.96. The highest BCUT2D eigenvalue weighted by atomic mass is 16.2. The van der Waals surface area contributed by atoms with Gasteiger partial charge in [0.2, 0.25) is 11.8 Å². The molecule has 3 rings (SSSR count). The van der Waals surface area contributed by atoms with Crippen molar-refractivity contribution < 1.29 is 9.59 Å². The molecule has 5 nitrogen and oxygen atoms in total. The van der Waals surface area contributed by atoms with Crippen molar-refractivity contribution in [3.8, 4) is 0 Å². The summed E-state index contributed by atoms with van der Waals surface area (Å²) in [6.45, 7) is 6.09. The first-order chi connectivity index (χ1) is 10.2. The number of aromatic nitrogens is 2. The van der Waals surface area contributed by atoms with Gasteiger partial charge in [0, 0.05) is 11.8 Å². The summed E-state index contributed by atoms with van der Waals surface area (Å²) in [5, 5.41) is 10.6. The van der Waals surface area contributed by atoms with Gasteiger partial charge in [-0.15, -0.1) is 0 Å². The van der Waals surface area contributed by atoms with Crippen molar-refractivity contribution in [2.75, 3.05) is 0 Å². The van der Waals surface area contributed by atoms with Crippen LogP contribution in [0.25, 0.3) is 10.9 Å². The maximum atomic E-state index is 11.9. The Bertz CT molecular complexity index is 661. The molecule has 2 aromatic rings. The number of aromatic amines is 1. The van der Waals surface area contributed by atoms with Crippen molar-refractivity contribution in [2.24, 2.45) is 0 Å². The lowest BCUT2D eigenvalue weighted by molar-refractivity contribution is -0.134. The summed E-state index contributed by atoms with van der Waals surface area (Å²) < 4.78 is 0. The summed E-state index contributed by atoms with van der Waals surface area (Å²) in [6.07, 6.45) is 1.87. The molecule has 1 saturated heterocycles. The molecule has 1 atom stereocenters.